The molecular formula is C14H27N5O. The largest absolute Gasteiger partial charge is 0.409 e. The zero-order valence-electron chi connectivity index (χ0n) is 13.0. The summed E-state index contributed by atoms with van der Waals surface area (Å²) in [6, 6.07) is 2.43. The lowest BCUT2D eigenvalue weighted by molar-refractivity contribution is 0.237. The topological polar surface area (TPSA) is 79.7 Å². The molecule has 0 spiro atoms. The molecule has 0 bridgehead atoms. The molecule has 0 amide bonds. The average molecular weight is 281 g/mol. The van der Waals surface area contributed by atoms with Crippen LogP contribution in [0.25, 0.3) is 0 Å². The molecule has 0 aliphatic heterocycles. The molecule has 114 valence electrons. The summed E-state index contributed by atoms with van der Waals surface area (Å²) in [5.41, 5.74) is 6.60. The van der Waals surface area contributed by atoms with Gasteiger partial charge in [0.2, 0.25) is 0 Å². The van der Waals surface area contributed by atoms with E-state index in [0.29, 0.717) is 18.4 Å². The van der Waals surface area contributed by atoms with Gasteiger partial charge in [-0.25, -0.2) is 0 Å². The minimum atomic E-state index is 0.270. The van der Waals surface area contributed by atoms with Gasteiger partial charge in [0.1, 0.15) is 5.84 Å². The maximum Gasteiger partial charge on any atom is 0.140 e. The van der Waals surface area contributed by atoms with Crippen molar-refractivity contribution in [2.45, 2.75) is 46.7 Å². The van der Waals surface area contributed by atoms with Gasteiger partial charge >= 0.3 is 0 Å². The van der Waals surface area contributed by atoms with E-state index in [1.807, 2.05) is 10.9 Å². The molecule has 6 heteroatoms. The lowest BCUT2D eigenvalue weighted by atomic mass is 10.2. The minimum absolute atomic E-state index is 0.270. The van der Waals surface area contributed by atoms with Gasteiger partial charge < -0.3 is 10.9 Å². The third kappa shape index (κ3) is 5.61. The summed E-state index contributed by atoms with van der Waals surface area (Å²) >= 11 is 0. The number of rotatable bonds is 8. The summed E-state index contributed by atoms with van der Waals surface area (Å²) in [6.45, 7) is 11.1. The Kier molecular flexibility index (Phi) is 6.51. The maximum absolute atomic E-state index is 8.61. The first kappa shape index (κ1) is 16.5. The molecule has 0 aliphatic carbocycles. The van der Waals surface area contributed by atoms with Crippen molar-refractivity contribution in [1.29, 1.82) is 0 Å². The molecule has 0 aliphatic rings. The molecule has 0 aromatic carbocycles. The molecular weight excluding hydrogens is 254 g/mol. The molecule has 20 heavy (non-hydrogen) atoms. The predicted octanol–water partition coefficient (Wildman–Crippen LogP) is 2.06. The first-order valence-corrected chi connectivity index (χ1v) is 7.15. The monoisotopic (exact) mass is 281 g/mol. The van der Waals surface area contributed by atoms with Crippen LogP contribution in [0.4, 0.5) is 0 Å². The van der Waals surface area contributed by atoms with Gasteiger partial charge in [-0.2, -0.15) is 5.10 Å². The second-order valence-electron chi connectivity index (χ2n) is 5.85. The number of aromatic nitrogens is 2. The Morgan fingerprint density at radius 2 is 2.15 bits per heavy atom. The molecule has 6 nitrogen and oxygen atoms in total. The number of hydrogen-bond donors (Lipinski definition) is 2. The molecule has 0 fully saturated rings. The van der Waals surface area contributed by atoms with Gasteiger partial charge in [-0.05, 0) is 25.8 Å². The molecule has 1 aromatic rings. The highest BCUT2D eigenvalue weighted by atomic mass is 16.4. The summed E-state index contributed by atoms with van der Waals surface area (Å²) in [7, 11) is 0. The van der Waals surface area contributed by atoms with Gasteiger partial charge in [-0.3, -0.25) is 9.58 Å². The van der Waals surface area contributed by atoms with Crippen LogP contribution in [-0.2, 0) is 6.54 Å². The fraction of sp³-hybridized carbons (Fsp3) is 0.714. The van der Waals surface area contributed by atoms with Crippen LogP contribution in [0.15, 0.2) is 17.4 Å². The predicted molar refractivity (Wildman–Crippen MR) is 80.8 cm³/mol. The molecule has 0 unspecified atom stereocenters. The van der Waals surface area contributed by atoms with E-state index in [4.69, 9.17) is 10.9 Å². The van der Waals surface area contributed by atoms with Crippen molar-refractivity contribution < 1.29 is 5.21 Å². The molecule has 3 N–H and O–H groups in total. The summed E-state index contributed by atoms with van der Waals surface area (Å²) < 4.78 is 1.96. The van der Waals surface area contributed by atoms with Gasteiger partial charge in [0, 0.05) is 38.3 Å². The van der Waals surface area contributed by atoms with Crippen LogP contribution in [0.2, 0.25) is 0 Å². The van der Waals surface area contributed by atoms with Crippen LogP contribution < -0.4 is 5.73 Å². The second kappa shape index (κ2) is 7.89. The van der Waals surface area contributed by atoms with Crippen LogP contribution in [-0.4, -0.2) is 38.8 Å². The number of nitrogens with two attached hydrogens (primary N) is 1. The zero-order chi connectivity index (χ0) is 15.1. The Hall–Kier alpha value is -1.56. The highest BCUT2D eigenvalue weighted by Crippen LogP contribution is 2.09. The second-order valence-corrected chi connectivity index (χ2v) is 5.85. The quantitative estimate of drug-likeness (QED) is 0.331. The van der Waals surface area contributed by atoms with Gasteiger partial charge in [0.15, 0.2) is 0 Å². The van der Waals surface area contributed by atoms with Gasteiger partial charge in [-0.15, -0.1) is 0 Å². The summed E-state index contributed by atoms with van der Waals surface area (Å²) in [5, 5.41) is 16.2. The van der Waals surface area contributed by atoms with E-state index in [2.05, 4.69) is 48.9 Å². The van der Waals surface area contributed by atoms with Crippen molar-refractivity contribution in [3.05, 3.63) is 18.0 Å². The fourth-order valence-corrected chi connectivity index (χ4v) is 2.05. The van der Waals surface area contributed by atoms with Crippen molar-refractivity contribution in [2.24, 2.45) is 16.8 Å². The van der Waals surface area contributed by atoms with Crippen LogP contribution in [0.5, 0.6) is 0 Å². The van der Waals surface area contributed by atoms with Crippen LogP contribution in [0, 0.1) is 5.92 Å². The minimum Gasteiger partial charge on any atom is -0.409 e. The van der Waals surface area contributed by atoms with Crippen LogP contribution >= 0.6 is 0 Å². The molecule has 0 atom stereocenters. The first-order chi connectivity index (χ1) is 9.42. The Morgan fingerprint density at radius 3 is 2.65 bits per heavy atom. The van der Waals surface area contributed by atoms with Crippen molar-refractivity contribution in [1.82, 2.24) is 14.7 Å². The van der Waals surface area contributed by atoms with E-state index in [1.54, 1.807) is 0 Å². The molecule has 0 saturated heterocycles. The normalized spacial score (nSPS) is 12.8. The van der Waals surface area contributed by atoms with Crippen LogP contribution in [0.1, 0.15) is 45.9 Å². The van der Waals surface area contributed by atoms with E-state index in [-0.39, 0.29) is 5.84 Å². The van der Waals surface area contributed by atoms with Crippen molar-refractivity contribution >= 4 is 5.84 Å². The van der Waals surface area contributed by atoms with Crippen LogP contribution in [0.3, 0.4) is 0 Å². The summed E-state index contributed by atoms with van der Waals surface area (Å²) in [5.74, 6) is 0.834. The standard InChI is InChI=1S/C14H27N5O/c1-11(2)9-18(7-6-14(15)17-20)10-13-5-8-19(16-13)12(3)4/h5,8,11-12,20H,6-7,9-10H2,1-4H3,(H2,15,17). The molecule has 1 rings (SSSR count). The molecule has 1 heterocycles. The average Bonchev–Trinajstić information content (AvgIpc) is 2.83. The van der Waals surface area contributed by atoms with E-state index in [9.17, 15) is 0 Å². The Bertz CT molecular complexity index is 425. The smallest absolute Gasteiger partial charge is 0.140 e. The lowest BCUT2D eigenvalue weighted by Crippen LogP contribution is -2.31. The van der Waals surface area contributed by atoms with E-state index in [1.165, 1.54) is 0 Å². The number of amidine groups is 1. The Balaban J connectivity index is 2.62. The summed E-state index contributed by atoms with van der Waals surface area (Å²) in [4.78, 5) is 2.29. The highest BCUT2D eigenvalue weighted by Gasteiger charge is 2.11. The first-order valence-electron chi connectivity index (χ1n) is 7.15. The van der Waals surface area contributed by atoms with Crippen molar-refractivity contribution in [2.75, 3.05) is 13.1 Å². The Labute approximate surface area is 121 Å². The lowest BCUT2D eigenvalue weighted by Gasteiger charge is -2.23. The van der Waals surface area contributed by atoms with Gasteiger partial charge in [-0.1, -0.05) is 19.0 Å². The van der Waals surface area contributed by atoms with Gasteiger partial charge in [0.05, 0.1) is 5.69 Å². The Morgan fingerprint density at radius 1 is 1.45 bits per heavy atom. The van der Waals surface area contributed by atoms with Gasteiger partial charge in [0.25, 0.3) is 0 Å². The number of nitrogens with zero attached hydrogens (tertiary/aromatic N) is 4. The number of oxime groups is 1. The molecule has 0 radical (unpaired) electrons. The highest BCUT2D eigenvalue weighted by molar-refractivity contribution is 5.79. The third-order valence-corrected chi connectivity index (χ3v) is 3.01. The zero-order valence-corrected chi connectivity index (χ0v) is 13.0. The van der Waals surface area contributed by atoms with E-state index in [0.717, 1.165) is 25.3 Å². The maximum atomic E-state index is 8.61. The third-order valence-electron chi connectivity index (χ3n) is 3.01. The number of hydrogen-bond acceptors (Lipinski definition) is 4. The van der Waals surface area contributed by atoms with E-state index >= 15 is 0 Å². The van der Waals surface area contributed by atoms with Crippen molar-refractivity contribution in [3.63, 3.8) is 0 Å². The van der Waals surface area contributed by atoms with Crippen molar-refractivity contribution in [3.8, 4) is 0 Å². The molecule has 0 saturated carbocycles. The fourth-order valence-electron chi connectivity index (χ4n) is 2.05. The SMILES string of the molecule is CC(C)CN(CCC(N)=NO)Cc1ccn(C(C)C)n1. The summed E-state index contributed by atoms with van der Waals surface area (Å²) in [6.07, 6.45) is 2.57. The molecule has 1 aromatic heterocycles. The van der Waals surface area contributed by atoms with E-state index < -0.39 is 0 Å².